The molecule has 0 aliphatic carbocycles. The molecule has 1 heterocycles. The number of methoxy groups -OCH3 is 2. The molecule has 5 N–H and O–H groups in total. The van der Waals surface area contributed by atoms with Crippen LogP contribution in [0, 0.1) is 0 Å². The molecule has 1 fully saturated rings. The summed E-state index contributed by atoms with van der Waals surface area (Å²) < 4.78 is 21.0. The van der Waals surface area contributed by atoms with Crippen molar-refractivity contribution in [3.63, 3.8) is 0 Å². The Morgan fingerprint density at radius 3 is 2.37 bits per heavy atom. The van der Waals surface area contributed by atoms with Crippen molar-refractivity contribution in [1.82, 2.24) is 5.32 Å². The van der Waals surface area contributed by atoms with E-state index in [9.17, 15) is 30.0 Å². The number of benzene rings is 1. The number of carbonyl (C=O) groups excluding carboxylic acids is 2. The lowest BCUT2D eigenvalue weighted by Crippen LogP contribution is -2.64. The maximum Gasteiger partial charge on any atom is 0.305 e. The molecule has 0 bridgehead atoms. The fraction of sp³-hybridized carbons (Fsp3) is 0.667. The summed E-state index contributed by atoms with van der Waals surface area (Å²) in [5.41, 5.74) is 0.163. The number of amides is 1. The molecule has 0 radical (unpaired) electrons. The van der Waals surface area contributed by atoms with Crippen LogP contribution in [0.15, 0.2) is 18.2 Å². The van der Waals surface area contributed by atoms with Crippen LogP contribution in [-0.4, -0.2) is 90.4 Å². The van der Waals surface area contributed by atoms with Crippen LogP contribution in [0.5, 0.6) is 11.5 Å². The Hall–Kier alpha value is -2.44. The first kappa shape index (κ1) is 28.8. The third-order valence-electron chi connectivity index (χ3n) is 5.91. The molecule has 1 aliphatic rings. The predicted molar refractivity (Wildman–Crippen MR) is 124 cm³/mol. The Morgan fingerprint density at radius 1 is 1.03 bits per heavy atom. The van der Waals surface area contributed by atoms with Crippen molar-refractivity contribution in [2.45, 2.75) is 75.6 Å². The van der Waals surface area contributed by atoms with Gasteiger partial charge >= 0.3 is 5.97 Å². The largest absolute Gasteiger partial charge is 0.504 e. The minimum Gasteiger partial charge on any atom is -0.504 e. The van der Waals surface area contributed by atoms with Crippen molar-refractivity contribution in [1.29, 1.82) is 0 Å². The van der Waals surface area contributed by atoms with E-state index in [1.807, 2.05) is 0 Å². The van der Waals surface area contributed by atoms with Gasteiger partial charge in [0.15, 0.2) is 17.8 Å². The van der Waals surface area contributed by atoms with E-state index in [0.717, 1.165) is 32.1 Å². The molecule has 1 saturated heterocycles. The van der Waals surface area contributed by atoms with E-state index >= 15 is 0 Å². The van der Waals surface area contributed by atoms with E-state index in [1.54, 1.807) is 0 Å². The van der Waals surface area contributed by atoms with Gasteiger partial charge in [0.2, 0.25) is 0 Å². The average molecular weight is 500 g/mol. The van der Waals surface area contributed by atoms with Crippen LogP contribution in [0.3, 0.4) is 0 Å². The fourth-order valence-electron chi connectivity index (χ4n) is 3.81. The van der Waals surface area contributed by atoms with Crippen LogP contribution in [0.2, 0.25) is 0 Å². The Labute approximate surface area is 204 Å². The van der Waals surface area contributed by atoms with Gasteiger partial charge in [0.05, 0.1) is 20.8 Å². The number of aromatic hydroxyl groups is 1. The first-order valence-electron chi connectivity index (χ1n) is 11.8. The highest BCUT2D eigenvalue weighted by molar-refractivity contribution is 5.95. The number of aliphatic hydroxyl groups is 3. The third-order valence-corrected chi connectivity index (χ3v) is 5.91. The number of phenols is 1. The summed E-state index contributed by atoms with van der Waals surface area (Å²) in [5.74, 6) is -0.816. The monoisotopic (exact) mass is 499 g/mol. The molecule has 0 aromatic heterocycles. The zero-order valence-electron chi connectivity index (χ0n) is 20.2. The molecule has 11 heteroatoms. The van der Waals surface area contributed by atoms with E-state index in [1.165, 1.54) is 32.4 Å². The summed E-state index contributed by atoms with van der Waals surface area (Å²) in [7, 11) is 2.73. The summed E-state index contributed by atoms with van der Waals surface area (Å²) in [6.07, 6.45) is 0.634. The number of carbonyl (C=O) groups is 2. The Morgan fingerprint density at radius 2 is 1.71 bits per heavy atom. The summed E-state index contributed by atoms with van der Waals surface area (Å²) in [5, 5.41) is 42.7. The summed E-state index contributed by atoms with van der Waals surface area (Å²) in [6.45, 7) is -0.243. The van der Waals surface area contributed by atoms with Crippen molar-refractivity contribution in [2.75, 3.05) is 27.4 Å². The number of hydrogen-bond donors (Lipinski definition) is 5. The Kier molecular flexibility index (Phi) is 12.2. The molecule has 0 spiro atoms. The number of rotatable bonds is 14. The van der Waals surface area contributed by atoms with Crippen molar-refractivity contribution < 1.29 is 49.0 Å². The maximum absolute atomic E-state index is 12.8. The zero-order chi connectivity index (χ0) is 25.8. The fourth-order valence-corrected chi connectivity index (χ4v) is 3.81. The van der Waals surface area contributed by atoms with E-state index < -0.39 is 43.2 Å². The molecule has 35 heavy (non-hydrogen) atoms. The normalized spacial score (nSPS) is 24.1. The van der Waals surface area contributed by atoms with Gasteiger partial charge in [-0.05, 0) is 31.0 Å². The molecular formula is C24H37NO10. The van der Waals surface area contributed by atoms with Crippen molar-refractivity contribution in [2.24, 2.45) is 0 Å². The molecule has 1 aromatic rings. The van der Waals surface area contributed by atoms with Gasteiger partial charge in [-0.3, -0.25) is 9.59 Å². The zero-order valence-corrected chi connectivity index (χ0v) is 20.2. The lowest BCUT2D eigenvalue weighted by atomic mass is 9.96. The van der Waals surface area contributed by atoms with E-state index in [4.69, 9.17) is 14.2 Å². The minimum atomic E-state index is -1.44. The second kappa shape index (κ2) is 14.8. The van der Waals surface area contributed by atoms with Crippen LogP contribution >= 0.6 is 0 Å². The van der Waals surface area contributed by atoms with E-state index in [2.05, 4.69) is 10.1 Å². The third kappa shape index (κ3) is 8.62. The van der Waals surface area contributed by atoms with Crippen molar-refractivity contribution >= 4 is 11.9 Å². The highest BCUT2D eigenvalue weighted by atomic mass is 16.7. The Balaban J connectivity index is 1.88. The molecule has 3 unspecified atom stereocenters. The van der Waals surface area contributed by atoms with Gasteiger partial charge in [-0.2, -0.15) is 0 Å². The van der Waals surface area contributed by atoms with E-state index in [0.29, 0.717) is 12.8 Å². The molecule has 1 aliphatic heterocycles. The van der Waals surface area contributed by atoms with Gasteiger partial charge in [-0.1, -0.05) is 25.7 Å². The second-order valence-electron chi connectivity index (χ2n) is 8.41. The van der Waals surface area contributed by atoms with Crippen molar-refractivity contribution in [3.05, 3.63) is 23.8 Å². The summed E-state index contributed by atoms with van der Waals surface area (Å²) >= 11 is 0. The minimum absolute atomic E-state index is 0.108. The highest BCUT2D eigenvalue weighted by Gasteiger charge is 2.45. The second-order valence-corrected chi connectivity index (χ2v) is 8.41. The SMILES string of the molecule is COC(=O)CCCCCCCCO[C@@H]1OC(CO)[C@H](O)C(O)C1NC(=O)c1ccc(O)c(OC)c1. The summed E-state index contributed by atoms with van der Waals surface area (Å²) in [6, 6.07) is 2.94. The molecule has 11 nitrogen and oxygen atoms in total. The average Bonchev–Trinajstić information content (AvgIpc) is 2.86. The Bertz CT molecular complexity index is 805. The van der Waals surface area contributed by atoms with Gasteiger partial charge in [0.1, 0.15) is 24.4 Å². The summed E-state index contributed by atoms with van der Waals surface area (Å²) in [4.78, 5) is 23.9. The van der Waals surface area contributed by atoms with Crippen LogP contribution < -0.4 is 10.1 Å². The van der Waals surface area contributed by atoms with Gasteiger partial charge in [0.25, 0.3) is 5.91 Å². The highest BCUT2D eigenvalue weighted by Crippen LogP contribution is 2.27. The van der Waals surface area contributed by atoms with Gasteiger partial charge < -0.3 is 44.7 Å². The number of phenolic OH excluding ortho intramolecular Hbond substituents is 1. The molecule has 2 rings (SSSR count). The number of unbranched alkanes of at least 4 members (excludes halogenated alkanes) is 5. The number of aliphatic hydroxyl groups excluding tert-OH is 3. The number of esters is 1. The molecular weight excluding hydrogens is 462 g/mol. The van der Waals surface area contributed by atoms with Crippen LogP contribution in [0.25, 0.3) is 0 Å². The van der Waals surface area contributed by atoms with Crippen molar-refractivity contribution in [3.8, 4) is 11.5 Å². The standard InChI is InChI=1S/C24H37NO10/c1-32-17-13-15(10-11-16(17)27)23(31)25-20-22(30)21(29)18(14-26)35-24(20)34-12-8-6-4-3-5-7-9-19(28)33-2/h10-11,13,18,20-22,24,26-27,29-30H,3-9,12,14H2,1-2H3,(H,25,31)/t18?,20?,21-,22?,24+/m0/s1. The lowest BCUT2D eigenvalue weighted by Gasteiger charge is -2.42. The first-order valence-corrected chi connectivity index (χ1v) is 11.8. The smallest absolute Gasteiger partial charge is 0.305 e. The topological polar surface area (TPSA) is 164 Å². The molecule has 0 saturated carbocycles. The van der Waals surface area contributed by atoms with Gasteiger partial charge in [0, 0.05) is 18.6 Å². The van der Waals surface area contributed by atoms with Crippen LogP contribution in [-0.2, 0) is 19.0 Å². The number of ether oxygens (including phenoxy) is 4. The lowest BCUT2D eigenvalue weighted by molar-refractivity contribution is -0.269. The van der Waals surface area contributed by atoms with E-state index in [-0.39, 0.29) is 29.6 Å². The maximum atomic E-state index is 12.8. The quantitative estimate of drug-likeness (QED) is 0.183. The van der Waals surface area contributed by atoms with Gasteiger partial charge in [-0.15, -0.1) is 0 Å². The molecule has 1 aromatic carbocycles. The number of nitrogens with one attached hydrogen (secondary N) is 1. The molecule has 1 amide bonds. The predicted octanol–water partition coefficient (Wildman–Crippen LogP) is 0.858. The van der Waals surface area contributed by atoms with Crippen LogP contribution in [0.4, 0.5) is 0 Å². The molecule has 198 valence electrons. The van der Waals surface area contributed by atoms with Gasteiger partial charge in [-0.25, -0.2) is 0 Å². The molecule has 5 atom stereocenters. The number of hydrogen-bond acceptors (Lipinski definition) is 10. The van der Waals surface area contributed by atoms with Crippen LogP contribution in [0.1, 0.15) is 55.3 Å². The first-order chi connectivity index (χ1) is 16.8.